The Morgan fingerprint density at radius 3 is 1.95 bits per heavy atom. The number of nitrogens with zero attached hydrogens (tertiary/aromatic N) is 5. The van der Waals surface area contributed by atoms with Crippen molar-refractivity contribution in [3.63, 3.8) is 0 Å². The molecule has 1 aliphatic rings. The molecule has 0 unspecified atom stereocenters. The number of pyridine rings is 2. The Labute approximate surface area is 250 Å². The Morgan fingerprint density at radius 1 is 0.976 bits per heavy atom. The molecule has 13 heteroatoms. The third-order valence-electron chi connectivity index (χ3n) is 5.78. The van der Waals surface area contributed by atoms with E-state index in [0.29, 0.717) is 48.0 Å². The maximum Gasteiger partial charge on any atom is 0.407 e. The van der Waals surface area contributed by atoms with Gasteiger partial charge in [0.1, 0.15) is 28.7 Å². The van der Waals surface area contributed by atoms with Crippen molar-refractivity contribution in [3.8, 4) is 12.1 Å². The van der Waals surface area contributed by atoms with E-state index in [-0.39, 0.29) is 35.4 Å². The first-order valence-electron chi connectivity index (χ1n) is 13.3. The van der Waals surface area contributed by atoms with E-state index >= 15 is 0 Å². The average Bonchev–Trinajstić information content (AvgIpc) is 2.87. The number of nitriles is 2. The Kier molecular flexibility index (Phi) is 12.1. The van der Waals surface area contributed by atoms with Crippen molar-refractivity contribution in [2.75, 3.05) is 37.7 Å². The molecule has 0 radical (unpaired) electrons. The second kappa shape index (κ2) is 15.0. The van der Waals surface area contributed by atoms with Crippen LogP contribution in [0.3, 0.4) is 0 Å². The van der Waals surface area contributed by atoms with Gasteiger partial charge in [0.15, 0.2) is 0 Å². The van der Waals surface area contributed by atoms with E-state index in [2.05, 4.69) is 21.4 Å². The topological polar surface area (TPSA) is 168 Å². The Balaban J connectivity index is 0.000000347. The van der Waals surface area contributed by atoms with Crippen molar-refractivity contribution >= 4 is 35.5 Å². The summed E-state index contributed by atoms with van der Waals surface area (Å²) in [5.41, 5.74) is 1.54. The highest BCUT2D eigenvalue weighted by molar-refractivity contribution is 6.30. The van der Waals surface area contributed by atoms with Crippen LogP contribution in [-0.4, -0.2) is 66.4 Å². The predicted octanol–water partition coefficient (Wildman–Crippen LogP) is 4.49. The Morgan fingerprint density at radius 2 is 1.48 bits per heavy atom. The summed E-state index contributed by atoms with van der Waals surface area (Å²) < 4.78 is 15.0. The van der Waals surface area contributed by atoms with Gasteiger partial charge in [0.25, 0.3) is 0 Å². The van der Waals surface area contributed by atoms with Gasteiger partial charge in [-0.2, -0.15) is 10.5 Å². The molecule has 3 rings (SSSR count). The minimum Gasteiger partial charge on any atom is -0.462 e. The molecular weight excluding hydrogens is 564 g/mol. The van der Waals surface area contributed by atoms with Crippen molar-refractivity contribution in [1.29, 1.82) is 10.5 Å². The fraction of sp³-hybridized carbons (Fsp3) is 0.483. The molecule has 0 atom stereocenters. The van der Waals surface area contributed by atoms with Gasteiger partial charge in [-0.05, 0) is 60.6 Å². The molecule has 0 saturated carbocycles. The number of alkyl carbamates (subject to hydrolysis) is 1. The van der Waals surface area contributed by atoms with Crippen LogP contribution < -0.4 is 10.2 Å². The van der Waals surface area contributed by atoms with Crippen LogP contribution in [0.4, 0.5) is 10.6 Å². The lowest BCUT2D eigenvalue weighted by Crippen LogP contribution is -2.52. The predicted molar refractivity (Wildman–Crippen MR) is 154 cm³/mol. The highest BCUT2D eigenvalue weighted by Crippen LogP contribution is 2.28. The number of amides is 1. The summed E-state index contributed by atoms with van der Waals surface area (Å²) in [6.45, 7) is 14.6. The zero-order chi connectivity index (χ0) is 31.6. The lowest BCUT2D eigenvalue weighted by Gasteiger charge is -2.40. The minimum atomic E-state index is -0.528. The van der Waals surface area contributed by atoms with E-state index in [1.165, 1.54) is 12.1 Å². The van der Waals surface area contributed by atoms with Crippen molar-refractivity contribution < 1.29 is 28.6 Å². The minimum absolute atomic E-state index is 0.100. The molecule has 42 heavy (non-hydrogen) atoms. The lowest BCUT2D eigenvalue weighted by atomic mass is 9.99. The second-order valence-electron chi connectivity index (χ2n) is 10.3. The maximum atomic E-state index is 12.0. The normalized spacial score (nSPS) is 12.5. The van der Waals surface area contributed by atoms with Gasteiger partial charge in [0.2, 0.25) is 0 Å². The molecule has 1 amide bonds. The first kappa shape index (κ1) is 33.8. The first-order chi connectivity index (χ1) is 19.7. The molecule has 12 nitrogen and oxygen atoms in total. The van der Waals surface area contributed by atoms with Crippen molar-refractivity contribution in [2.45, 2.75) is 54.1 Å². The summed E-state index contributed by atoms with van der Waals surface area (Å²) in [5, 5.41) is 21.0. The number of aromatic nitrogens is 2. The SMILES string of the molecule is CCOC(=O)c1cc(C#N)c(Cl)nc1C.CCOC(=O)c1cc(C#N)c(N2CC(CNC(=O)OC(C)(C)C)C2)nc1C. The van der Waals surface area contributed by atoms with Crippen LogP contribution in [0.2, 0.25) is 5.15 Å². The third-order valence-corrected chi connectivity index (χ3v) is 6.07. The number of aryl methyl sites for hydroxylation is 2. The molecule has 3 heterocycles. The first-order valence-corrected chi connectivity index (χ1v) is 13.7. The molecule has 1 saturated heterocycles. The standard InChI is InChI=1S/C19H26N4O4.C10H9ClN2O2/c1-6-26-17(24)15-7-14(8-20)16(22-12(15)2)23-10-13(11-23)9-21-18(25)27-19(3,4)5;1-3-15-10(14)8-4-7(5-12)9(11)13-6(8)2/h7,13H,6,9-11H2,1-5H3,(H,21,25);4H,3H2,1-2H3. The number of rotatable bonds is 7. The van der Waals surface area contributed by atoms with Crippen LogP contribution in [0, 0.1) is 42.4 Å². The summed E-state index contributed by atoms with van der Waals surface area (Å²) >= 11 is 5.70. The summed E-state index contributed by atoms with van der Waals surface area (Å²) in [6.07, 6.45) is -0.438. The van der Waals surface area contributed by atoms with Gasteiger partial charge in [-0.15, -0.1) is 0 Å². The molecule has 1 aliphatic heterocycles. The molecular formula is C29H35ClN6O6. The molecule has 0 bridgehead atoms. The summed E-state index contributed by atoms with van der Waals surface area (Å²) in [5.74, 6) is -0.170. The molecule has 0 aliphatic carbocycles. The molecule has 2 aromatic heterocycles. The van der Waals surface area contributed by atoms with Gasteiger partial charge in [0.05, 0.1) is 46.9 Å². The molecule has 1 N–H and O–H groups in total. The van der Waals surface area contributed by atoms with Crippen LogP contribution in [0.15, 0.2) is 12.1 Å². The van der Waals surface area contributed by atoms with E-state index in [0.717, 1.165) is 0 Å². The van der Waals surface area contributed by atoms with Crippen molar-refractivity contribution in [3.05, 3.63) is 50.9 Å². The number of hydrogen-bond donors (Lipinski definition) is 1. The van der Waals surface area contributed by atoms with Gasteiger partial charge in [0, 0.05) is 25.6 Å². The van der Waals surface area contributed by atoms with Gasteiger partial charge >= 0.3 is 18.0 Å². The summed E-state index contributed by atoms with van der Waals surface area (Å²) in [7, 11) is 0. The zero-order valence-corrected chi connectivity index (χ0v) is 25.6. The number of carbonyl (C=O) groups excluding carboxylic acids is 3. The van der Waals surface area contributed by atoms with Crippen LogP contribution in [0.25, 0.3) is 0 Å². The smallest absolute Gasteiger partial charge is 0.407 e. The quantitative estimate of drug-likeness (QED) is 0.271. The van der Waals surface area contributed by atoms with E-state index < -0.39 is 23.6 Å². The van der Waals surface area contributed by atoms with Gasteiger partial charge in [-0.1, -0.05) is 11.6 Å². The Bertz CT molecular complexity index is 1400. The van der Waals surface area contributed by atoms with Crippen LogP contribution >= 0.6 is 11.6 Å². The molecule has 0 aromatic carbocycles. The number of anilines is 1. The zero-order valence-electron chi connectivity index (χ0n) is 24.8. The van der Waals surface area contributed by atoms with E-state index in [1.807, 2.05) is 31.7 Å². The molecule has 1 fully saturated rings. The van der Waals surface area contributed by atoms with Gasteiger partial charge < -0.3 is 24.4 Å². The van der Waals surface area contributed by atoms with E-state index in [4.69, 9.17) is 31.1 Å². The van der Waals surface area contributed by atoms with Crippen LogP contribution in [-0.2, 0) is 14.2 Å². The highest BCUT2D eigenvalue weighted by Gasteiger charge is 2.31. The van der Waals surface area contributed by atoms with Gasteiger partial charge in [-0.3, -0.25) is 0 Å². The summed E-state index contributed by atoms with van der Waals surface area (Å²) in [4.78, 5) is 45.4. The monoisotopic (exact) mass is 598 g/mol. The maximum absolute atomic E-state index is 12.0. The average molecular weight is 599 g/mol. The lowest BCUT2D eigenvalue weighted by molar-refractivity contribution is 0.0508. The van der Waals surface area contributed by atoms with Crippen molar-refractivity contribution in [1.82, 2.24) is 15.3 Å². The fourth-order valence-corrected chi connectivity index (χ4v) is 4.04. The molecule has 224 valence electrons. The van der Waals surface area contributed by atoms with Crippen LogP contribution in [0.1, 0.15) is 77.8 Å². The largest absolute Gasteiger partial charge is 0.462 e. The third kappa shape index (κ3) is 9.32. The number of ether oxygens (including phenoxy) is 3. The summed E-state index contributed by atoms with van der Waals surface area (Å²) in [6, 6.07) is 6.88. The van der Waals surface area contributed by atoms with Crippen LogP contribution in [0.5, 0.6) is 0 Å². The molecule has 0 spiro atoms. The number of halogens is 1. The fourth-order valence-electron chi connectivity index (χ4n) is 3.82. The molecule has 2 aromatic rings. The van der Waals surface area contributed by atoms with E-state index in [1.54, 1.807) is 27.7 Å². The number of esters is 2. The highest BCUT2D eigenvalue weighted by atomic mass is 35.5. The van der Waals surface area contributed by atoms with Crippen molar-refractivity contribution in [2.24, 2.45) is 5.92 Å². The Hall–Kier alpha value is -4.42. The second-order valence-corrected chi connectivity index (χ2v) is 10.6. The van der Waals surface area contributed by atoms with E-state index in [9.17, 15) is 19.6 Å². The number of nitrogens with one attached hydrogen (secondary N) is 1. The number of carbonyl (C=O) groups is 3. The number of hydrogen-bond acceptors (Lipinski definition) is 11. The van der Waals surface area contributed by atoms with Gasteiger partial charge in [-0.25, -0.2) is 24.4 Å².